The molecule has 1 aromatic heterocycles. The van der Waals surface area contributed by atoms with Crippen LogP contribution >= 0.6 is 0 Å². The second kappa shape index (κ2) is 5.40. The number of rotatable bonds is 5. The Kier molecular flexibility index (Phi) is 3.46. The molecule has 1 aliphatic heterocycles. The zero-order valence-corrected chi connectivity index (χ0v) is 10.9. The van der Waals surface area contributed by atoms with Gasteiger partial charge in [0.2, 0.25) is 11.8 Å². The number of nitrogens with one attached hydrogen (secondary N) is 1. The van der Waals surface area contributed by atoms with Crippen molar-refractivity contribution >= 4 is 0 Å². The van der Waals surface area contributed by atoms with Gasteiger partial charge in [0, 0.05) is 12.0 Å². The Morgan fingerprint density at radius 1 is 1.32 bits per heavy atom. The van der Waals surface area contributed by atoms with Gasteiger partial charge in [-0.1, -0.05) is 18.2 Å². The van der Waals surface area contributed by atoms with E-state index in [4.69, 9.17) is 9.15 Å². The third-order valence-electron chi connectivity index (χ3n) is 3.30. The first-order chi connectivity index (χ1) is 9.38. The first kappa shape index (κ1) is 12.2. The zero-order chi connectivity index (χ0) is 13.1. The van der Waals surface area contributed by atoms with E-state index in [-0.39, 0.29) is 5.92 Å². The number of ether oxygens (including phenoxy) is 1. The summed E-state index contributed by atoms with van der Waals surface area (Å²) >= 11 is 0. The maximum atomic E-state index is 5.74. The van der Waals surface area contributed by atoms with Gasteiger partial charge in [-0.05, 0) is 26.1 Å². The van der Waals surface area contributed by atoms with Crippen LogP contribution in [0.3, 0.4) is 0 Å². The average Bonchev–Trinajstić information content (AvgIpc) is 3.05. The summed E-state index contributed by atoms with van der Waals surface area (Å²) in [5, 5.41) is 11.4. The number of para-hydroxylation sites is 1. The molecule has 19 heavy (non-hydrogen) atoms. The normalized spacial score (nSPS) is 17.2. The van der Waals surface area contributed by atoms with Crippen molar-refractivity contribution < 1.29 is 9.15 Å². The van der Waals surface area contributed by atoms with Crippen LogP contribution in [0.4, 0.5) is 0 Å². The molecule has 5 heteroatoms. The Morgan fingerprint density at radius 3 is 3.11 bits per heavy atom. The number of aryl methyl sites for hydroxylation is 1. The molecule has 2 aromatic rings. The van der Waals surface area contributed by atoms with E-state index >= 15 is 0 Å². The highest BCUT2D eigenvalue weighted by Crippen LogP contribution is 2.37. The quantitative estimate of drug-likeness (QED) is 0.829. The average molecular weight is 259 g/mol. The Labute approximate surface area is 112 Å². The largest absolute Gasteiger partial charge is 0.492 e. The van der Waals surface area contributed by atoms with Gasteiger partial charge in [0.05, 0.1) is 5.92 Å². The molecule has 0 aliphatic carbocycles. The molecule has 0 amide bonds. The lowest BCUT2D eigenvalue weighted by Crippen LogP contribution is -2.08. The molecule has 2 heterocycles. The molecule has 0 bridgehead atoms. The summed E-state index contributed by atoms with van der Waals surface area (Å²) < 4.78 is 11.4. The van der Waals surface area contributed by atoms with Crippen LogP contribution in [0.15, 0.2) is 28.7 Å². The lowest BCUT2D eigenvalue weighted by Gasteiger charge is -2.02. The monoisotopic (exact) mass is 259 g/mol. The fourth-order valence-corrected chi connectivity index (χ4v) is 2.29. The van der Waals surface area contributed by atoms with E-state index in [2.05, 4.69) is 21.6 Å². The van der Waals surface area contributed by atoms with Crippen LogP contribution in [-0.2, 0) is 6.42 Å². The van der Waals surface area contributed by atoms with Crippen LogP contribution in [0.25, 0.3) is 0 Å². The molecule has 100 valence electrons. The fraction of sp³-hybridized carbons (Fsp3) is 0.429. The minimum atomic E-state index is 0.0711. The molecule has 1 aromatic carbocycles. The summed E-state index contributed by atoms with van der Waals surface area (Å²) in [5.74, 6) is 2.35. The summed E-state index contributed by atoms with van der Waals surface area (Å²) in [6.45, 7) is 1.53. The molecule has 0 saturated carbocycles. The molecule has 3 rings (SSSR count). The van der Waals surface area contributed by atoms with Crippen molar-refractivity contribution in [1.82, 2.24) is 15.5 Å². The van der Waals surface area contributed by atoms with Crippen LogP contribution in [-0.4, -0.2) is 30.4 Å². The highest BCUT2D eigenvalue weighted by atomic mass is 16.5. The molecule has 1 unspecified atom stereocenters. The molecular formula is C14H17N3O2. The minimum absolute atomic E-state index is 0.0711. The van der Waals surface area contributed by atoms with E-state index in [1.807, 2.05) is 25.2 Å². The van der Waals surface area contributed by atoms with E-state index in [1.165, 1.54) is 0 Å². The van der Waals surface area contributed by atoms with Crippen molar-refractivity contribution in [1.29, 1.82) is 0 Å². The molecule has 1 N–H and O–H groups in total. The van der Waals surface area contributed by atoms with Gasteiger partial charge >= 0.3 is 0 Å². The lowest BCUT2D eigenvalue weighted by molar-refractivity contribution is 0.320. The topological polar surface area (TPSA) is 60.2 Å². The second-order valence-corrected chi connectivity index (χ2v) is 4.64. The van der Waals surface area contributed by atoms with Crippen molar-refractivity contribution in [2.75, 3.05) is 20.2 Å². The standard InChI is InChI=1S/C14H17N3O2/c1-15-8-4-7-13-16-17-14(19-13)11-9-18-12-6-3-2-5-10(11)12/h2-3,5-6,11,15H,4,7-9H2,1H3. The summed E-state index contributed by atoms with van der Waals surface area (Å²) in [4.78, 5) is 0. The van der Waals surface area contributed by atoms with E-state index in [0.717, 1.165) is 30.7 Å². The number of hydrogen-bond donors (Lipinski definition) is 1. The smallest absolute Gasteiger partial charge is 0.227 e. The SMILES string of the molecule is CNCCCc1nnc(C2COc3ccccc32)o1. The van der Waals surface area contributed by atoms with Crippen LogP contribution < -0.4 is 10.1 Å². The third-order valence-corrected chi connectivity index (χ3v) is 3.30. The van der Waals surface area contributed by atoms with Gasteiger partial charge in [0.1, 0.15) is 12.4 Å². The van der Waals surface area contributed by atoms with Crippen LogP contribution in [0.2, 0.25) is 0 Å². The van der Waals surface area contributed by atoms with Gasteiger partial charge in [0.15, 0.2) is 0 Å². The summed E-state index contributed by atoms with van der Waals surface area (Å²) in [7, 11) is 1.94. The predicted molar refractivity (Wildman–Crippen MR) is 70.3 cm³/mol. The van der Waals surface area contributed by atoms with E-state index in [0.29, 0.717) is 18.4 Å². The Hall–Kier alpha value is -1.88. The molecule has 1 atom stereocenters. The molecule has 0 fully saturated rings. The Bertz CT molecular complexity index is 553. The number of nitrogens with zero attached hydrogens (tertiary/aromatic N) is 2. The Morgan fingerprint density at radius 2 is 2.21 bits per heavy atom. The van der Waals surface area contributed by atoms with Crippen LogP contribution in [0, 0.1) is 0 Å². The van der Waals surface area contributed by atoms with Crippen molar-refractivity contribution in [2.24, 2.45) is 0 Å². The maximum absolute atomic E-state index is 5.74. The first-order valence-electron chi connectivity index (χ1n) is 6.57. The van der Waals surface area contributed by atoms with Gasteiger partial charge in [-0.3, -0.25) is 0 Å². The van der Waals surface area contributed by atoms with E-state index in [9.17, 15) is 0 Å². The minimum Gasteiger partial charge on any atom is -0.492 e. The van der Waals surface area contributed by atoms with Gasteiger partial charge < -0.3 is 14.5 Å². The van der Waals surface area contributed by atoms with Crippen LogP contribution in [0.5, 0.6) is 5.75 Å². The summed E-state index contributed by atoms with van der Waals surface area (Å²) in [6, 6.07) is 8.00. The Balaban J connectivity index is 1.74. The van der Waals surface area contributed by atoms with Crippen molar-refractivity contribution in [3.05, 3.63) is 41.6 Å². The van der Waals surface area contributed by atoms with Crippen LogP contribution in [0.1, 0.15) is 29.7 Å². The molecule has 0 radical (unpaired) electrons. The third kappa shape index (κ3) is 2.46. The molecule has 0 spiro atoms. The molecular weight excluding hydrogens is 242 g/mol. The predicted octanol–water partition coefficient (Wildman–Crippen LogP) is 1.75. The molecule has 0 saturated heterocycles. The molecule has 5 nitrogen and oxygen atoms in total. The van der Waals surface area contributed by atoms with Gasteiger partial charge in [-0.15, -0.1) is 10.2 Å². The fourth-order valence-electron chi connectivity index (χ4n) is 2.29. The van der Waals surface area contributed by atoms with E-state index < -0.39 is 0 Å². The van der Waals surface area contributed by atoms with Gasteiger partial charge in [-0.25, -0.2) is 0 Å². The van der Waals surface area contributed by atoms with Crippen molar-refractivity contribution in [3.8, 4) is 5.75 Å². The second-order valence-electron chi connectivity index (χ2n) is 4.64. The number of aromatic nitrogens is 2. The lowest BCUT2D eigenvalue weighted by atomic mass is 10.0. The zero-order valence-electron chi connectivity index (χ0n) is 10.9. The maximum Gasteiger partial charge on any atom is 0.227 e. The number of hydrogen-bond acceptors (Lipinski definition) is 5. The van der Waals surface area contributed by atoms with Crippen molar-refractivity contribution in [3.63, 3.8) is 0 Å². The number of benzene rings is 1. The van der Waals surface area contributed by atoms with E-state index in [1.54, 1.807) is 0 Å². The highest BCUT2D eigenvalue weighted by molar-refractivity contribution is 5.42. The first-order valence-corrected chi connectivity index (χ1v) is 6.57. The van der Waals surface area contributed by atoms with Gasteiger partial charge in [-0.2, -0.15) is 0 Å². The summed E-state index contributed by atoms with van der Waals surface area (Å²) in [5.41, 5.74) is 1.13. The van der Waals surface area contributed by atoms with Gasteiger partial charge in [0.25, 0.3) is 0 Å². The highest BCUT2D eigenvalue weighted by Gasteiger charge is 2.29. The molecule has 1 aliphatic rings. The number of fused-ring (bicyclic) bond motifs is 1. The van der Waals surface area contributed by atoms with Crippen molar-refractivity contribution in [2.45, 2.75) is 18.8 Å². The summed E-state index contributed by atoms with van der Waals surface area (Å²) in [6.07, 6.45) is 1.80.